The molecule has 31 heavy (non-hydrogen) atoms. The number of hydrogen-bond acceptors (Lipinski definition) is 5. The van der Waals surface area contributed by atoms with E-state index >= 15 is 0 Å². The number of fused-ring (bicyclic) bond motifs is 3. The summed E-state index contributed by atoms with van der Waals surface area (Å²) in [6.07, 6.45) is 1.88. The Morgan fingerprint density at radius 1 is 1.10 bits per heavy atom. The average Bonchev–Trinajstić information content (AvgIpc) is 3.20. The second kappa shape index (κ2) is 8.93. The summed E-state index contributed by atoms with van der Waals surface area (Å²) in [6.45, 7) is 4.75. The van der Waals surface area contributed by atoms with E-state index in [4.69, 9.17) is 16.3 Å². The molecular formula is C24H22ClN3O2S. The Morgan fingerprint density at radius 3 is 2.68 bits per heavy atom. The smallest absolute Gasteiger partial charge is 0.262 e. The van der Waals surface area contributed by atoms with Crippen molar-refractivity contribution in [3.63, 3.8) is 0 Å². The van der Waals surface area contributed by atoms with E-state index in [1.54, 1.807) is 0 Å². The van der Waals surface area contributed by atoms with Crippen LogP contribution in [0.3, 0.4) is 0 Å². The molecule has 2 aromatic carbocycles. The van der Waals surface area contributed by atoms with Gasteiger partial charge in [0.15, 0.2) is 0 Å². The quantitative estimate of drug-likeness (QED) is 0.472. The Bertz CT molecular complexity index is 1230. The lowest BCUT2D eigenvalue weighted by atomic mass is 10.0. The maximum Gasteiger partial charge on any atom is 0.262 e. The van der Waals surface area contributed by atoms with E-state index in [-0.39, 0.29) is 5.91 Å². The molecule has 1 saturated heterocycles. The maximum absolute atomic E-state index is 13.3. The zero-order chi connectivity index (χ0) is 21.2. The second-order valence-corrected chi connectivity index (χ2v) is 9.00. The molecule has 1 aliphatic rings. The van der Waals surface area contributed by atoms with Crippen molar-refractivity contribution in [2.24, 2.45) is 0 Å². The third kappa shape index (κ3) is 4.16. The van der Waals surface area contributed by atoms with E-state index in [1.165, 1.54) is 11.3 Å². The zero-order valence-corrected chi connectivity index (χ0v) is 18.5. The number of nitrogens with one attached hydrogen (secondary N) is 1. The number of thiophene rings is 1. The minimum atomic E-state index is -0.0523. The molecule has 0 aliphatic carbocycles. The van der Waals surface area contributed by atoms with Crippen LogP contribution >= 0.6 is 22.9 Å². The van der Waals surface area contributed by atoms with E-state index in [0.29, 0.717) is 16.4 Å². The molecule has 5 rings (SSSR count). The molecule has 1 amide bonds. The fourth-order valence-electron chi connectivity index (χ4n) is 3.98. The normalized spacial score (nSPS) is 14.9. The van der Waals surface area contributed by atoms with Crippen LogP contribution in [-0.2, 0) is 4.74 Å². The van der Waals surface area contributed by atoms with Crippen LogP contribution in [0.25, 0.3) is 32.1 Å². The lowest BCUT2D eigenvalue weighted by Crippen LogP contribution is -2.41. The molecule has 4 aromatic rings. The second-order valence-electron chi connectivity index (χ2n) is 7.54. The molecule has 0 saturated carbocycles. The van der Waals surface area contributed by atoms with Gasteiger partial charge in [0.05, 0.1) is 18.7 Å². The number of aromatic nitrogens is 1. The first-order valence-corrected chi connectivity index (χ1v) is 11.5. The molecule has 0 unspecified atom stereocenters. The molecule has 0 atom stereocenters. The van der Waals surface area contributed by atoms with Gasteiger partial charge in [0.25, 0.3) is 5.91 Å². The number of carbonyl (C=O) groups is 1. The number of morpholine rings is 1. The molecule has 0 bridgehead atoms. The van der Waals surface area contributed by atoms with Crippen molar-refractivity contribution in [3.8, 4) is 11.1 Å². The molecular weight excluding hydrogens is 430 g/mol. The van der Waals surface area contributed by atoms with Crippen molar-refractivity contribution in [3.05, 3.63) is 64.6 Å². The highest BCUT2D eigenvalue weighted by Gasteiger charge is 2.22. The van der Waals surface area contributed by atoms with E-state index < -0.39 is 0 Å². The SMILES string of the molecule is O=C(NCCN1CCOCC1)c1sc2c(cnc3ccccc32)c1-c1ccc(Cl)cc1. The minimum Gasteiger partial charge on any atom is -0.379 e. The third-order valence-electron chi connectivity index (χ3n) is 5.58. The fraction of sp³-hybridized carbons (Fsp3) is 0.250. The Labute approximate surface area is 189 Å². The van der Waals surface area contributed by atoms with Gasteiger partial charge in [-0.25, -0.2) is 0 Å². The summed E-state index contributed by atoms with van der Waals surface area (Å²) in [7, 11) is 0. The predicted octanol–water partition coefficient (Wildman–Crippen LogP) is 4.83. The van der Waals surface area contributed by atoms with Gasteiger partial charge in [-0.05, 0) is 23.8 Å². The monoisotopic (exact) mass is 451 g/mol. The molecule has 3 heterocycles. The van der Waals surface area contributed by atoms with Crippen molar-refractivity contribution in [2.45, 2.75) is 0 Å². The van der Waals surface area contributed by atoms with Crippen LogP contribution in [0, 0.1) is 0 Å². The van der Waals surface area contributed by atoms with Crippen LogP contribution in [0.2, 0.25) is 5.02 Å². The number of halogens is 1. The van der Waals surface area contributed by atoms with Gasteiger partial charge >= 0.3 is 0 Å². The van der Waals surface area contributed by atoms with Crippen LogP contribution in [0.4, 0.5) is 0 Å². The first kappa shape index (κ1) is 20.4. The highest BCUT2D eigenvalue weighted by atomic mass is 35.5. The number of rotatable bonds is 5. The van der Waals surface area contributed by atoms with Crippen LogP contribution < -0.4 is 5.32 Å². The Hall–Kier alpha value is -2.51. The Balaban J connectivity index is 1.52. The van der Waals surface area contributed by atoms with Gasteiger partial charge in [-0.3, -0.25) is 14.7 Å². The summed E-state index contributed by atoms with van der Waals surface area (Å²) in [4.78, 5) is 20.9. The summed E-state index contributed by atoms with van der Waals surface area (Å²) in [6, 6.07) is 15.7. The minimum absolute atomic E-state index is 0.0523. The lowest BCUT2D eigenvalue weighted by Gasteiger charge is -2.26. The summed E-state index contributed by atoms with van der Waals surface area (Å²) in [5.74, 6) is -0.0523. The molecule has 1 N–H and O–H groups in total. The molecule has 2 aromatic heterocycles. The van der Waals surface area contributed by atoms with E-state index in [9.17, 15) is 4.79 Å². The largest absolute Gasteiger partial charge is 0.379 e. The third-order valence-corrected chi connectivity index (χ3v) is 7.07. The number of para-hydroxylation sites is 1. The molecule has 0 spiro atoms. The molecule has 5 nitrogen and oxygen atoms in total. The number of carbonyl (C=O) groups excluding carboxylic acids is 1. The summed E-state index contributed by atoms with van der Waals surface area (Å²) < 4.78 is 6.47. The summed E-state index contributed by atoms with van der Waals surface area (Å²) >= 11 is 7.64. The van der Waals surface area contributed by atoms with Gasteiger partial charge in [-0.15, -0.1) is 11.3 Å². The van der Waals surface area contributed by atoms with Crippen molar-refractivity contribution >= 4 is 49.8 Å². The highest BCUT2D eigenvalue weighted by Crippen LogP contribution is 2.41. The van der Waals surface area contributed by atoms with Gasteiger partial charge in [0.2, 0.25) is 0 Å². The highest BCUT2D eigenvalue weighted by molar-refractivity contribution is 7.22. The van der Waals surface area contributed by atoms with Crippen LogP contribution in [0.15, 0.2) is 54.7 Å². The van der Waals surface area contributed by atoms with Crippen molar-refractivity contribution in [2.75, 3.05) is 39.4 Å². The number of hydrogen-bond donors (Lipinski definition) is 1. The van der Waals surface area contributed by atoms with Gasteiger partial charge in [-0.2, -0.15) is 0 Å². The molecule has 158 valence electrons. The number of amides is 1. The lowest BCUT2D eigenvalue weighted by molar-refractivity contribution is 0.0383. The number of ether oxygens (including phenoxy) is 1. The van der Waals surface area contributed by atoms with Crippen LogP contribution in [-0.4, -0.2) is 55.2 Å². The average molecular weight is 452 g/mol. The van der Waals surface area contributed by atoms with E-state index in [2.05, 4.69) is 21.3 Å². The summed E-state index contributed by atoms with van der Waals surface area (Å²) in [5.41, 5.74) is 2.81. The van der Waals surface area contributed by atoms with Crippen molar-refractivity contribution in [1.29, 1.82) is 0 Å². The first-order chi connectivity index (χ1) is 15.2. The number of benzene rings is 2. The van der Waals surface area contributed by atoms with Crippen LogP contribution in [0.1, 0.15) is 9.67 Å². The fourth-order valence-corrected chi connectivity index (χ4v) is 5.35. The first-order valence-electron chi connectivity index (χ1n) is 10.4. The van der Waals surface area contributed by atoms with Gasteiger partial charge in [0.1, 0.15) is 4.88 Å². The standard InChI is InChI=1S/C24H22ClN3O2S/c25-17-7-5-16(6-8-17)21-19-15-27-20-4-2-1-3-18(20)22(19)31-23(21)24(29)26-9-10-28-11-13-30-14-12-28/h1-8,15H,9-14H2,(H,26,29). The molecule has 1 aliphatic heterocycles. The van der Waals surface area contributed by atoms with Crippen molar-refractivity contribution < 1.29 is 9.53 Å². The number of nitrogens with zero attached hydrogens (tertiary/aromatic N) is 2. The van der Waals surface area contributed by atoms with E-state index in [0.717, 1.165) is 65.0 Å². The maximum atomic E-state index is 13.3. The zero-order valence-electron chi connectivity index (χ0n) is 16.9. The number of pyridine rings is 1. The van der Waals surface area contributed by atoms with Gasteiger partial charge < -0.3 is 10.1 Å². The Kier molecular flexibility index (Phi) is 5.87. The molecule has 7 heteroatoms. The van der Waals surface area contributed by atoms with Crippen LogP contribution in [0.5, 0.6) is 0 Å². The summed E-state index contributed by atoms with van der Waals surface area (Å²) in [5, 5.41) is 5.84. The van der Waals surface area contributed by atoms with Gasteiger partial charge in [-0.1, -0.05) is 41.9 Å². The predicted molar refractivity (Wildman–Crippen MR) is 127 cm³/mol. The molecule has 1 fully saturated rings. The van der Waals surface area contributed by atoms with Gasteiger partial charge in [0, 0.05) is 58.4 Å². The molecule has 0 radical (unpaired) electrons. The topological polar surface area (TPSA) is 54.5 Å². The Morgan fingerprint density at radius 2 is 1.87 bits per heavy atom. The van der Waals surface area contributed by atoms with Crippen molar-refractivity contribution in [1.82, 2.24) is 15.2 Å². The van der Waals surface area contributed by atoms with E-state index in [1.807, 2.05) is 48.7 Å².